The van der Waals surface area contributed by atoms with Crippen molar-refractivity contribution >= 4 is 5.91 Å². The lowest BCUT2D eigenvalue weighted by Gasteiger charge is -2.16. The zero-order valence-electron chi connectivity index (χ0n) is 13.7. The molecule has 0 fully saturated rings. The fourth-order valence-electron chi connectivity index (χ4n) is 2.59. The second-order valence-electron chi connectivity index (χ2n) is 6.06. The monoisotopic (exact) mass is 290 g/mol. The van der Waals surface area contributed by atoms with Crippen molar-refractivity contribution in [2.24, 2.45) is 5.73 Å². The Hall–Kier alpha value is -1.35. The van der Waals surface area contributed by atoms with Gasteiger partial charge in [-0.1, -0.05) is 36.6 Å². The predicted molar refractivity (Wildman–Crippen MR) is 89.4 cm³/mol. The van der Waals surface area contributed by atoms with Crippen molar-refractivity contribution in [3.8, 4) is 0 Å². The SMILES string of the molecule is Cc1ccc(CC(C)NC(=O)CCCCCCN)c(C)c1. The molecule has 1 aromatic carbocycles. The molecule has 118 valence electrons. The molecule has 21 heavy (non-hydrogen) atoms. The lowest BCUT2D eigenvalue weighted by atomic mass is 10.00. The minimum Gasteiger partial charge on any atom is -0.353 e. The van der Waals surface area contributed by atoms with E-state index >= 15 is 0 Å². The van der Waals surface area contributed by atoms with Crippen LogP contribution in [0, 0.1) is 13.8 Å². The molecule has 0 radical (unpaired) electrons. The average molecular weight is 290 g/mol. The largest absolute Gasteiger partial charge is 0.353 e. The van der Waals surface area contributed by atoms with Crippen LogP contribution >= 0.6 is 0 Å². The predicted octanol–water partition coefficient (Wildman–Crippen LogP) is 3.26. The van der Waals surface area contributed by atoms with Crippen LogP contribution in [0.2, 0.25) is 0 Å². The van der Waals surface area contributed by atoms with E-state index in [0.717, 1.165) is 38.6 Å². The molecule has 1 atom stereocenters. The molecule has 3 heteroatoms. The van der Waals surface area contributed by atoms with Crippen LogP contribution in [0.5, 0.6) is 0 Å². The highest BCUT2D eigenvalue weighted by Gasteiger charge is 2.09. The second kappa shape index (κ2) is 9.56. The number of amides is 1. The van der Waals surface area contributed by atoms with Crippen LogP contribution < -0.4 is 11.1 Å². The maximum atomic E-state index is 11.9. The third-order valence-electron chi connectivity index (χ3n) is 3.79. The van der Waals surface area contributed by atoms with E-state index < -0.39 is 0 Å². The number of nitrogens with two attached hydrogens (primary N) is 1. The van der Waals surface area contributed by atoms with Crippen LogP contribution in [0.1, 0.15) is 55.7 Å². The molecule has 0 aliphatic heterocycles. The summed E-state index contributed by atoms with van der Waals surface area (Å²) in [6.45, 7) is 7.06. The van der Waals surface area contributed by atoms with Crippen molar-refractivity contribution < 1.29 is 4.79 Å². The summed E-state index contributed by atoms with van der Waals surface area (Å²) in [5, 5.41) is 3.10. The maximum absolute atomic E-state index is 11.9. The van der Waals surface area contributed by atoms with Crippen molar-refractivity contribution in [3.05, 3.63) is 34.9 Å². The topological polar surface area (TPSA) is 55.1 Å². The van der Waals surface area contributed by atoms with E-state index in [9.17, 15) is 4.79 Å². The van der Waals surface area contributed by atoms with Gasteiger partial charge in [0.25, 0.3) is 0 Å². The van der Waals surface area contributed by atoms with Gasteiger partial charge < -0.3 is 11.1 Å². The Bertz CT molecular complexity index is 443. The summed E-state index contributed by atoms with van der Waals surface area (Å²) in [6, 6.07) is 6.68. The zero-order valence-corrected chi connectivity index (χ0v) is 13.7. The van der Waals surface area contributed by atoms with Gasteiger partial charge in [0.05, 0.1) is 0 Å². The Morgan fingerprint density at radius 2 is 1.90 bits per heavy atom. The van der Waals surface area contributed by atoms with Gasteiger partial charge in [0.1, 0.15) is 0 Å². The van der Waals surface area contributed by atoms with Gasteiger partial charge in [-0.3, -0.25) is 4.79 Å². The number of nitrogens with one attached hydrogen (secondary N) is 1. The molecule has 0 aliphatic carbocycles. The first-order valence-electron chi connectivity index (χ1n) is 8.08. The summed E-state index contributed by atoms with van der Waals surface area (Å²) in [6.07, 6.45) is 5.76. The molecule has 0 aromatic heterocycles. The summed E-state index contributed by atoms with van der Waals surface area (Å²) in [4.78, 5) is 11.9. The number of hydrogen-bond donors (Lipinski definition) is 2. The molecule has 0 aliphatic rings. The molecule has 0 saturated heterocycles. The fourth-order valence-corrected chi connectivity index (χ4v) is 2.59. The number of rotatable bonds is 9. The van der Waals surface area contributed by atoms with Crippen LogP contribution in [0.15, 0.2) is 18.2 Å². The summed E-state index contributed by atoms with van der Waals surface area (Å²) < 4.78 is 0. The van der Waals surface area contributed by atoms with Gasteiger partial charge in [-0.2, -0.15) is 0 Å². The zero-order chi connectivity index (χ0) is 15.7. The van der Waals surface area contributed by atoms with Crippen LogP contribution in [0.4, 0.5) is 0 Å². The molecule has 1 rings (SSSR count). The van der Waals surface area contributed by atoms with Gasteiger partial charge in [-0.05, 0) is 57.7 Å². The normalized spacial score (nSPS) is 12.2. The Morgan fingerprint density at radius 3 is 2.57 bits per heavy atom. The molecule has 3 N–H and O–H groups in total. The highest BCUT2D eigenvalue weighted by atomic mass is 16.1. The lowest BCUT2D eigenvalue weighted by molar-refractivity contribution is -0.121. The smallest absolute Gasteiger partial charge is 0.220 e. The summed E-state index contributed by atoms with van der Waals surface area (Å²) in [5.41, 5.74) is 9.35. The van der Waals surface area contributed by atoms with Crippen molar-refractivity contribution in [2.45, 2.75) is 65.3 Å². The quantitative estimate of drug-likeness (QED) is 0.686. The first-order valence-corrected chi connectivity index (χ1v) is 8.08. The van der Waals surface area contributed by atoms with Crippen LogP contribution in [0.25, 0.3) is 0 Å². The number of unbranched alkanes of at least 4 members (excludes halogenated alkanes) is 3. The van der Waals surface area contributed by atoms with Gasteiger partial charge in [-0.25, -0.2) is 0 Å². The highest BCUT2D eigenvalue weighted by Crippen LogP contribution is 2.13. The minimum atomic E-state index is 0.167. The van der Waals surface area contributed by atoms with Gasteiger partial charge >= 0.3 is 0 Å². The van der Waals surface area contributed by atoms with Crippen LogP contribution in [-0.4, -0.2) is 18.5 Å². The minimum absolute atomic E-state index is 0.167. The number of carbonyl (C=O) groups excluding carboxylic acids is 1. The summed E-state index contributed by atoms with van der Waals surface area (Å²) in [7, 11) is 0. The molecule has 0 saturated carbocycles. The molecule has 0 heterocycles. The second-order valence-corrected chi connectivity index (χ2v) is 6.06. The Kier molecular flexibility index (Phi) is 8.06. The lowest BCUT2D eigenvalue weighted by Crippen LogP contribution is -2.34. The van der Waals surface area contributed by atoms with E-state index in [1.54, 1.807) is 0 Å². The first kappa shape index (κ1) is 17.7. The fraction of sp³-hybridized carbons (Fsp3) is 0.611. The third kappa shape index (κ3) is 7.28. The Balaban J connectivity index is 2.29. The Labute approximate surface area is 129 Å². The first-order chi connectivity index (χ1) is 10.0. The molecule has 3 nitrogen and oxygen atoms in total. The Morgan fingerprint density at radius 1 is 1.19 bits per heavy atom. The van der Waals surface area contributed by atoms with Crippen LogP contribution in [-0.2, 0) is 11.2 Å². The van der Waals surface area contributed by atoms with Crippen molar-refractivity contribution in [1.82, 2.24) is 5.32 Å². The van der Waals surface area contributed by atoms with E-state index in [1.807, 2.05) is 0 Å². The maximum Gasteiger partial charge on any atom is 0.220 e. The molecule has 0 spiro atoms. The number of carbonyl (C=O) groups is 1. The van der Waals surface area contributed by atoms with Gasteiger partial charge in [0.15, 0.2) is 0 Å². The number of aryl methyl sites for hydroxylation is 2. The average Bonchev–Trinajstić information content (AvgIpc) is 2.41. The van der Waals surface area contributed by atoms with E-state index in [0.29, 0.717) is 6.42 Å². The van der Waals surface area contributed by atoms with Gasteiger partial charge in [0, 0.05) is 12.5 Å². The van der Waals surface area contributed by atoms with E-state index in [-0.39, 0.29) is 11.9 Å². The molecule has 1 amide bonds. The van der Waals surface area contributed by atoms with E-state index in [1.165, 1.54) is 16.7 Å². The summed E-state index contributed by atoms with van der Waals surface area (Å²) in [5.74, 6) is 0.167. The number of benzene rings is 1. The molecule has 1 aromatic rings. The van der Waals surface area contributed by atoms with Gasteiger partial charge in [0.2, 0.25) is 5.91 Å². The molecular weight excluding hydrogens is 260 g/mol. The highest BCUT2D eigenvalue weighted by molar-refractivity contribution is 5.76. The van der Waals surface area contributed by atoms with Crippen LogP contribution in [0.3, 0.4) is 0 Å². The van der Waals surface area contributed by atoms with E-state index in [2.05, 4.69) is 44.3 Å². The standard InChI is InChI=1S/C18H30N2O/c1-14-9-10-17(15(2)12-14)13-16(3)20-18(21)8-6-4-5-7-11-19/h9-10,12,16H,4-8,11,13,19H2,1-3H3,(H,20,21). The van der Waals surface area contributed by atoms with Gasteiger partial charge in [-0.15, -0.1) is 0 Å². The van der Waals surface area contributed by atoms with Crippen molar-refractivity contribution in [3.63, 3.8) is 0 Å². The van der Waals surface area contributed by atoms with E-state index in [4.69, 9.17) is 5.73 Å². The summed E-state index contributed by atoms with van der Waals surface area (Å²) >= 11 is 0. The molecular formula is C18H30N2O. The number of hydrogen-bond acceptors (Lipinski definition) is 2. The third-order valence-corrected chi connectivity index (χ3v) is 3.79. The van der Waals surface area contributed by atoms with Crippen molar-refractivity contribution in [2.75, 3.05) is 6.54 Å². The van der Waals surface area contributed by atoms with Crippen molar-refractivity contribution in [1.29, 1.82) is 0 Å². The molecule has 0 bridgehead atoms. The molecule has 1 unspecified atom stereocenters.